The molecule has 0 saturated carbocycles. The van der Waals surface area contributed by atoms with Gasteiger partial charge in [-0.2, -0.15) is 0 Å². The Kier molecular flexibility index (Phi) is 11.0. The topological polar surface area (TPSA) is 0 Å². The number of hydrogen-bond donors (Lipinski definition) is 0. The second-order valence-electron chi connectivity index (χ2n) is 3.32. The first-order valence-corrected chi connectivity index (χ1v) is 7.21. The van der Waals surface area contributed by atoms with Crippen molar-refractivity contribution in [3.63, 3.8) is 0 Å². The molecule has 0 spiro atoms. The van der Waals surface area contributed by atoms with E-state index in [0.29, 0.717) is 0 Å². The summed E-state index contributed by atoms with van der Waals surface area (Å²) >= 11 is 6.98. The maximum Gasteiger partial charge on any atom is 0.139 e. The van der Waals surface area contributed by atoms with E-state index in [1.165, 1.54) is 48.9 Å². The van der Waals surface area contributed by atoms with Gasteiger partial charge in [0.25, 0.3) is 0 Å². The maximum atomic E-state index is 3.49. The number of hydrogen-bond acceptors (Lipinski definition) is 0. The Labute approximate surface area is 94.2 Å². The minimum Gasteiger partial charge on any atom is -0.0928 e. The standard InChI is InChI=1S/C9H19BBr2/c1-2-5-10(6-3-8-11)7-4-9-12/h2-9H2,1H3. The molecule has 0 heterocycles. The fraction of sp³-hybridized carbons (Fsp3) is 1.00. The summed E-state index contributed by atoms with van der Waals surface area (Å²) in [6, 6.07) is 0. The first kappa shape index (κ1) is 13.0. The SMILES string of the molecule is CCCB(CCCBr)CCCBr. The van der Waals surface area contributed by atoms with E-state index in [2.05, 4.69) is 38.8 Å². The van der Waals surface area contributed by atoms with Crippen LogP contribution in [0.15, 0.2) is 0 Å². The van der Waals surface area contributed by atoms with Crippen molar-refractivity contribution < 1.29 is 0 Å². The summed E-state index contributed by atoms with van der Waals surface area (Å²) in [5.74, 6) is 0. The molecule has 0 saturated heterocycles. The van der Waals surface area contributed by atoms with Gasteiger partial charge >= 0.3 is 0 Å². The molecule has 0 nitrogen and oxygen atoms in total. The Bertz CT molecular complexity index is 80.6. The van der Waals surface area contributed by atoms with Gasteiger partial charge in [0.2, 0.25) is 0 Å². The number of rotatable bonds is 8. The van der Waals surface area contributed by atoms with Crippen molar-refractivity contribution in [3.8, 4) is 0 Å². The van der Waals surface area contributed by atoms with Crippen molar-refractivity contribution in [1.29, 1.82) is 0 Å². The van der Waals surface area contributed by atoms with Crippen molar-refractivity contribution in [2.75, 3.05) is 10.7 Å². The van der Waals surface area contributed by atoms with Crippen LogP contribution in [0.4, 0.5) is 0 Å². The van der Waals surface area contributed by atoms with Crippen molar-refractivity contribution in [1.82, 2.24) is 0 Å². The lowest BCUT2D eigenvalue weighted by Crippen LogP contribution is -2.11. The van der Waals surface area contributed by atoms with E-state index in [1.807, 2.05) is 0 Å². The van der Waals surface area contributed by atoms with Crippen molar-refractivity contribution >= 4 is 38.6 Å². The van der Waals surface area contributed by atoms with Gasteiger partial charge < -0.3 is 0 Å². The first-order valence-electron chi connectivity index (χ1n) is 4.97. The van der Waals surface area contributed by atoms with E-state index >= 15 is 0 Å². The highest BCUT2D eigenvalue weighted by atomic mass is 79.9. The lowest BCUT2D eigenvalue weighted by molar-refractivity contribution is 0.971. The minimum atomic E-state index is 0.977. The van der Waals surface area contributed by atoms with E-state index in [9.17, 15) is 0 Å². The fourth-order valence-corrected chi connectivity index (χ4v) is 2.22. The zero-order valence-corrected chi connectivity index (χ0v) is 11.2. The van der Waals surface area contributed by atoms with Crippen molar-refractivity contribution in [3.05, 3.63) is 0 Å². The number of alkyl halides is 2. The molecule has 0 aliphatic heterocycles. The molecule has 0 bridgehead atoms. The molecule has 0 aromatic carbocycles. The maximum absolute atomic E-state index is 3.49. The summed E-state index contributed by atoms with van der Waals surface area (Å²) < 4.78 is 0. The molecule has 0 unspecified atom stereocenters. The van der Waals surface area contributed by atoms with Crippen LogP contribution >= 0.6 is 31.9 Å². The quantitative estimate of drug-likeness (QED) is 0.458. The van der Waals surface area contributed by atoms with Crippen LogP contribution in [0.5, 0.6) is 0 Å². The summed E-state index contributed by atoms with van der Waals surface area (Å²) in [4.78, 5) is 0. The van der Waals surface area contributed by atoms with Crippen molar-refractivity contribution in [2.24, 2.45) is 0 Å². The molecule has 0 aliphatic carbocycles. The van der Waals surface area contributed by atoms with Crippen LogP contribution in [-0.2, 0) is 0 Å². The van der Waals surface area contributed by atoms with Gasteiger partial charge in [0.05, 0.1) is 0 Å². The largest absolute Gasteiger partial charge is 0.139 e. The molecule has 0 atom stereocenters. The summed E-state index contributed by atoms with van der Waals surface area (Å²) in [6.45, 7) is 3.26. The highest BCUT2D eigenvalue weighted by Crippen LogP contribution is 2.14. The van der Waals surface area contributed by atoms with Crippen LogP contribution in [-0.4, -0.2) is 17.4 Å². The average Bonchev–Trinajstić information content (AvgIpc) is 2.10. The summed E-state index contributed by atoms with van der Waals surface area (Å²) in [5.41, 5.74) is 0. The fourth-order valence-electron chi connectivity index (χ4n) is 1.57. The Morgan fingerprint density at radius 2 is 1.42 bits per heavy atom. The van der Waals surface area contributed by atoms with E-state index in [-0.39, 0.29) is 0 Å². The zero-order valence-electron chi connectivity index (χ0n) is 7.99. The molecule has 0 rings (SSSR count). The molecule has 12 heavy (non-hydrogen) atoms. The highest BCUT2D eigenvalue weighted by molar-refractivity contribution is 9.09. The van der Waals surface area contributed by atoms with Gasteiger partial charge in [-0.05, 0) is 0 Å². The van der Waals surface area contributed by atoms with E-state index in [0.717, 1.165) is 6.71 Å². The van der Waals surface area contributed by atoms with Crippen LogP contribution in [0, 0.1) is 0 Å². The third-order valence-corrected chi connectivity index (χ3v) is 3.31. The van der Waals surface area contributed by atoms with Crippen LogP contribution in [0.3, 0.4) is 0 Å². The molecule has 0 aliphatic rings. The van der Waals surface area contributed by atoms with E-state index in [1.54, 1.807) is 0 Å². The normalized spacial score (nSPS) is 10.2. The molecule has 0 N–H and O–H groups in total. The third kappa shape index (κ3) is 7.66. The lowest BCUT2D eigenvalue weighted by atomic mass is 9.41. The molecule has 72 valence electrons. The van der Waals surface area contributed by atoms with E-state index in [4.69, 9.17) is 0 Å². The summed E-state index contributed by atoms with van der Waals surface area (Å²) in [5, 5.41) is 2.34. The Balaban J connectivity index is 3.40. The third-order valence-electron chi connectivity index (χ3n) is 2.19. The van der Waals surface area contributed by atoms with Gasteiger partial charge in [-0.1, -0.05) is 77.0 Å². The van der Waals surface area contributed by atoms with Crippen LogP contribution < -0.4 is 0 Å². The van der Waals surface area contributed by atoms with Gasteiger partial charge in [-0.15, -0.1) is 0 Å². The number of halogens is 2. The van der Waals surface area contributed by atoms with Gasteiger partial charge in [0.1, 0.15) is 6.71 Å². The Morgan fingerprint density at radius 3 is 1.75 bits per heavy atom. The van der Waals surface area contributed by atoms with Crippen molar-refractivity contribution in [2.45, 2.75) is 45.1 Å². The Hall–Kier alpha value is 1.02. The molecule has 3 heteroatoms. The molecule has 0 aromatic heterocycles. The summed E-state index contributed by atoms with van der Waals surface area (Å²) in [7, 11) is 0. The van der Waals surface area contributed by atoms with Gasteiger partial charge in [-0.3, -0.25) is 0 Å². The van der Waals surface area contributed by atoms with Crippen LogP contribution in [0.1, 0.15) is 26.2 Å². The van der Waals surface area contributed by atoms with Gasteiger partial charge in [0, 0.05) is 10.7 Å². The predicted octanol–water partition coefficient (Wildman–Crippen LogP) is 4.46. The Morgan fingerprint density at radius 1 is 0.917 bits per heavy atom. The van der Waals surface area contributed by atoms with Gasteiger partial charge in [-0.25, -0.2) is 0 Å². The highest BCUT2D eigenvalue weighted by Gasteiger charge is 2.10. The molecule has 0 aromatic rings. The zero-order chi connectivity index (χ0) is 9.23. The molecule has 0 radical (unpaired) electrons. The van der Waals surface area contributed by atoms with E-state index < -0.39 is 0 Å². The second-order valence-corrected chi connectivity index (χ2v) is 4.90. The average molecular weight is 298 g/mol. The smallest absolute Gasteiger partial charge is 0.0928 e. The molecular weight excluding hydrogens is 279 g/mol. The molecule has 0 amide bonds. The van der Waals surface area contributed by atoms with Crippen LogP contribution in [0.2, 0.25) is 19.0 Å². The van der Waals surface area contributed by atoms with Crippen LogP contribution in [0.25, 0.3) is 0 Å². The summed E-state index contributed by atoms with van der Waals surface area (Å²) in [6.07, 6.45) is 8.26. The first-order chi connectivity index (χ1) is 5.85. The monoisotopic (exact) mass is 296 g/mol. The minimum absolute atomic E-state index is 0.977. The second kappa shape index (κ2) is 10.1. The lowest BCUT2D eigenvalue weighted by Gasteiger charge is -2.10. The molecule has 0 fully saturated rings. The predicted molar refractivity (Wildman–Crippen MR) is 67.3 cm³/mol. The molecular formula is C9H19BBr2. The van der Waals surface area contributed by atoms with Gasteiger partial charge in [0.15, 0.2) is 0 Å².